The molecule has 0 aliphatic carbocycles. The van der Waals surface area contributed by atoms with Crippen LogP contribution >= 0.6 is 12.4 Å². The van der Waals surface area contributed by atoms with E-state index in [0.29, 0.717) is 17.7 Å². The summed E-state index contributed by atoms with van der Waals surface area (Å²) in [5.41, 5.74) is 1.15. The molecule has 0 unspecified atom stereocenters. The fraction of sp³-hybridized carbons (Fsp3) is 0.333. The van der Waals surface area contributed by atoms with E-state index in [1.54, 1.807) is 24.3 Å². The van der Waals surface area contributed by atoms with Crippen LogP contribution in [0.4, 0.5) is 0 Å². The molecule has 0 aliphatic heterocycles. The van der Waals surface area contributed by atoms with Crippen molar-refractivity contribution in [2.24, 2.45) is 0 Å². The van der Waals surface area contributed by atoms with E-state index in [9.17, 15) is 4.79 Å². The SMILES string of the molecule is CNCCCNC(=O)c1ccc(C#N)cc1.Cl. The Morgan fingerprint density at radius 3 is 2.47 bits per heavy atom. The molecule has 0 aliphatic rings. The summed E-state index contributed by atoms with van der Waals surface area (Å²) in [5, 5.41) is 14.4. The van der Waals surface area contributed by atoms with Crippen LogP contribution in [0.15, 0.2) is 24.3 Å². The highest BCUT2D eigenvalue weighted by Crippen LogP contribution is 2.02. The highest BCUT2D eigenvalue weighted by atomic mass is 35.5. The molecular formula is C12H16ClN3O. The van der Waals surface area contributed by atoms with Gasteiger partial charge < -0.3 is 10.6 Å². The summed E-state index contributed by atoms with van der Waals surface area (Å²) in [4.78, 5) is 11.6. The lowest BCUT2D eigenvalue weighted by Gasteiger charge is -2.04. The number of rotatable bonds is 5. The summed E-state index contributed by atoms with van der Waals surface area (Å²) >= 11 is 0. The zero-order valence-corrected chi connectivity index (χ0v) is 10.5. The van der Waals surface area contributed by atoms with Crippen LogP contribution in [0.3, 0.4) is 0 Å². The lowest BCUT2D eigenvalue weighted by atomic mass is 10.1. The van der Waals surface area contributed by atoms with E-state index >= 15 is 0 Å². The van der Waals surface area contributed by atoms with Crippen molar-refractivity contribution < 1.29 is 4.79 Å². The van der Waals surface area contributed by atoms with E-state index in [1.165, 1.54) is 0 Å². The fourth-order valence-corrected chi connectivity index (χ4v) is 1.27. The van der Waals surface area contributed by atoms with Crippen molar-refractivity contribution in [2.45, 2.75) is 6.42 Å². The molecule has 5 heteroatoms. The number of amides is 1. The molecule has 4 nitrogen and oxygen atoms in total. The highest BCUT2D eigenvalue weighted by molar-refractivity contribution is 5.94. The Hall–Kier alpha value is -1.57. The van der Waals surface area contributed by atoms with Crippen molar-refractivity contribution in [3.05, 3.63) is 35.4 Å². The first-order valence-corrected chi connectivity index (χ1v) is 5.21. The van der Waals surface area contributed by atoms with Crippen LogP contribution in [0.1, 0.15) is 22.3 Å². The minimum absolute atomic E-state index is 0. The van der Waals surface area contributed by atoms with Gasteiger partial charge in [-0.15, -0.1) is 12.4 Å². The van der Waals surface area contributed by atoms with Gasteiger partial charge in [-0.2, -0.15) is 5.26 Å². The van der Waals surface area contributed by atoms with Crippen molar-refractivity contribution in [1.82, 2.24) is 10.6 Å². The molecule has 0 atom stereocenters. The quantitative estimate of drug-likeness (QED) is 0.778. The van der Waals surface area contributed by atoms with E-state index < -0.39 is 0 Å². The number of nitriles is 1. The van der Waals surface area contributed by atoms with Gasteiger partial charge in [0.1, 0.15) is 0 Å². The third-order valence-corrected chi connectivity index (χ3v) is 2.17. The molecule has 0 bridgehead atoms. The number of hydrogen-bond donors (Lipinski definition) is 2. The van der Waals surface area contributed by atoms with Crippen molar-refractivity contribution >= 4 is 18.3 Å². The normalized spacial score (nSPS) is 8.94. The van der Waals surface area contributed by atoms with E-state index in [2.05, 4.69) is 10.6 Å². The molecule has 17 heavy (non-hydrogen) atoms. The van der Waals surface area contributed by atoms with Gasteiger partial charge in [0, 0.05) is 12.1 Å². The summed E-state index contributed by atoms with van der Waals surface area (Å²) < 4.78 is 0. The molecule has 92 valence electrons. The van der Waals surface area contributed by atoms with Crippen LogP contribution in [-0.4, -0.2) is 26.0 Å². The zero-order chi connectivity index (χ0) is 11.8. The van der Waals surface area contributed by atoms with Crippen molar-refractivity contribution in [3.8, 4) is 6.07 Å². The molecular weight excluding hydrogens is 238 g/mol. The van der Waals surface area contributed by atoms with Gasteiger partial charge in [0.05, 0.1) is 11.6 Å². The largest absolute Gasteiger partial charge is 0.352 e. The number of halogens is 1. The Balaban J connectivity index is 0.00000256. The topological polar surface area (TPSA) is 64.9 Å². The summed E-state index contributed by atoms with van der Waals surface area (Å²) in [7, 11) is 1.88. The smallest absolute Gasteiger partial charge is 0.251 e. The molecule has 1 rings (SSSR count). The van der Waals surface area contributed by atoms with Gasteiger partial charge in [-0.3, -0.25) is 4.79 Å². The lowest BCUT2D eigenvalue weighted by Crippen LogP contribution is -2.26. The minimum Gasteiger partial charge on any atom is -0.352 e. The molecule has 0 saturated heterocycles. The summed E-state index contributed by atoms with van der Waals surface area (Å²) in [6.45, 7) is 1.54. The average Bonchev–Trinajstić information content (AvgIpc) is 2.34. The average molecular weight is 254 g/mol. The predicted molar refractivity (Wildman–Crippen MR) is 69.3 cm³/mol. The predicted octanol–water partition coefficient (Wildman–Crippen LogP) is 1.32. The second kappa shape index (κ2) is 8.57. The monoisotopic (exact) mass is 253 g/mol. The summed E-state index contributed by atoms with van der Waals surface area (Å²) in [6, 6.07) is 8.61. The molecule has 1 aromatic carbocycles. The molecule has 0 heterocycles. The first kappa shape index (κ1) is 15.4. The van der Waals surface area contributed by atoms with E-state index in [-0.39, 0.29) is 18.3 Å². The van der Waals surface area contributed by atoms with Gasteiger partial charge in [-0.05, 0) is 44.3 Å². The third kappa shape index (κ3) is 5.34. The number of nitrogens with zero attached hydrogens (tertiary/aromatic N) is 1. The van der Waals surface area contributed by atoms with Crippen LogP contribution in [-0.2, 0) is 0 Å². The highest BCUT2D eigenvalue weighted by Gasteiger charge is 2.03. The van der Waals surface area contributed by atoms with Gasteiger partial charge in [-0.25, -0.2) is 0 Å². The number of hydrogen-bond acceptors (Lipinski definition) is 3. The molecule has 0 fully saturated rings. The number of nitrogens with one attached hydrogen (secondary N) is 2. The lowest BCUT2D eigenvalue weighted by molar-refractivity contribution is 0.0953. The van der Waals surface area contributed by atoms with Crippen LogP contribution < -0.4 is 10.6 Å². The van der Waals surface area contributed by atoms with Crippen molar-refractivity contribution in [1.29, 1.82) is 5.26 Å². The van der Waals surface area contributed by atoms with E-state index in [0.717, 1.165) is 13.0 Å². The minimum atomic E-state index is -0.0967. The van der Waals surface area contributed by atoms with Crippen LogP contribution in [0.2, 0.25) is 0 Å². The molecule has 1 amide bonds. The Bertz CT molecular complexity index is 384. The standard InChI is InChI=1S/C12H15N3O.ClH/c1-14-7-2-8-15-12(16)11-5-3-10(9-13)4-6-11;/h3-6,14H,2,7-8H2,1H3,(H,15,16);1H. The Labute approximate surface area is 107 Å². The first-order chi connectivity index (χ1) is 7.77. The zero-order valence-electron chi connectivity index (χ0n) is 9.69. The van der Waals surface area contributed by atoms with Crippen LogP contribution in [0.5, 0.6) is 0 Å². The molecule has 2 N–H and O–H groups in total. The maximum Gasteiger partial charge on any atom is 0.251 e. The summed E-state index contributed by atoms with van der Waals surface area (Å²) in [5.74, 6) is -0.0967. The second-order valence-electron chi connectivity index (χ2n) is 3.40. The third-order valence-electron chi connectivity index (χ3n) is 2.17. The number of carbonyl (C=O) groups is 1. The van der Waals surface area contributed by atoms with E-state index in [1.807, 2.05) is 13.1 Å². The van der Waals surface area contributed by atoms with Crippen molar-refractivity contribution in [2.75, 3.05) is 20.1 Å². The molecule has 0 spiro atoms. The fourth-order valence-electron chi connectivity index (χ4n) is 1.27. The number of carbonyl (C=O) groups excluding carboxylic acids is 1. The van der Waals surface area contributed by atoms with Crippen LogP contribution in [0, 0.1) is 11.3 Å². The van der Waals surface area contributed by atoms with Gasteiger partial charge in [0.25, 0.3) is 5.91 Å². The van der Waals surface area contributed by atoms with Crippen molar-refractivity contribution in [3.63, 3.8) is 0 Å². The Kier molecular flexibility index (Phi) is 7.78. The van der Waals surface area contributed by atoms with Crippen LogP contribution in [0.25, 0.3) is 0 Å². The van der Waals surface area contributed by atoms with Gasteiger partial charge >= 0.3 is 0 Å². The van der Waals surface area contributed by atoms with E-state index in [4.69, 9.17) is 5.26 Å². The molecule has 0 radical (unpaired) electrons. The first-order valence-electron chi connectivity index (χ1n) is 5.21. The Morgan fingerprint density at radius 2 is 1.94 bits per heavy atom. The second-order valence-corrected chi connectivity index (χ2v) is 3.40. The Morgan fingerprint density at radius 1 is 1.29 bits per heavy atom. The van der Waals surface area contributed by atoms with Gasteiger partial charge in [0.15, 0.2) is 0 Å². The van der Waals surface area contributed by atoms with Gasteiger partial charge in [0.2, 0.25) is 0 Å². The summed E-state index contributed by atoms with van der Waals surface area (Å²) in [6.07, 6.45) is 0.901. The van der Waals surface area contributed by atoms with Gasteiger partial charge in [-0.1, -0.05) is 0 Å². The molecule has 0 aromatic heterocycles. The maximum absolute atomic E-state index is 11.6. The maximum atomic E-state index is 11.6. The number of benzene rings is 1. The molecule has 1 aromatic rings. The molecule has 0 saturated carbocycles.